The van der Waals surface area contributed by atoms with E-state index in [-0.39, 0.29) is 17.9 Å². The molecule has 0 bridgehead atoms. The molecular weight excluding hydrogens is 268 g/mol. The SMILES string of the molecule is C#CCNc1ccc(C(=O)NC)c2c1OC1C(COC)C21. The first kappa shape index (κ1) is 13.8. The standard InChI is InChI=1S/C16H18N2O3/c1-4-7-18-11-6-5-9(16(19)17-2)12-13-10(8-20-3)14(13)21-15(11)12/h1,5-6,10,13-14,18H,7-8H2,2-3H3,(H,17,19). The molecule has 0 radical (unpaired) electrons. The summed E-state index contributed by atoms with van der Waals surface area (Å²) in [5, 5.41) is 5.82. The molecule has 1 aliphatic carbocycles. The number of anilines is 1. The van der Waals surface area contributed by atoms with E-state index in [1.165, 1.54) is 0 Å². The molecule has 1 aromatic rings. The van der Waals surface area contributed by atoms with E-state index in [2.05, 4.69) is 16.6 Å². The van der Waals surface area contributed by atoms with Gasteiger partial charge in [0.2, 0.25) is 0 Å². The van der Waals surface area contributed by atoms with Crippen LogP contribution in [0.3, 0.4) is 0 Å². The number of terminal acetylenes is 1. The van der Waals surface area contributed by atoms with Crippen LogP contribution in [0.1, 0.15) is 21.8 Å². The molecule has 5 heteroatoms. The lowest BCUT2D eigenvalue weighted by atomic mass is 9.99. The second-order valence-corrected chi connectivity index (χ2v) is 5.27. The molecule has 110 valence electrons. The Morgan fingerprint density at radius 3 is 3.00 bits per heavy atom. The summed E-state index contributed by atoms with van der Waals surface area (Å²) in [6.07, 6.45) is 5.39. The van der Waals surface area contributed by atoms with Gasteiger partial charge in [-0.15, -0.1) is 6.42 Å². The first-order valence-electron chi connectivity index (χ1n) is 6.94. The second kappa shape index (κ2) is 5.30. The number of benzene rings is 1. The molecule has 0 saturated heterocycles. The van der Waals surface area contributed by atoms with Crippen molar-refractivity contribution in [3.8, 4) is 18.1 Å². The maximum atomic E-state index is 12.1. The zero-order chi connectivity index (χ0) is 15.0. The highest BCUT2D eigenvalue weighted by molar-refractivity contribution is 5.98. The minimum atomic E-state index is -0.0953. The molecule has 1 saturated carbocycles. The summed E-state index contributed by atoms with van der Waals surface area (Å²) >= 11 is 0. The summed E-state index contributed by atoms with van der Waals surface area (Å²) in [6.45, 7) is 1.07. The van der Waals surface area contributed by atoms with Gasteiger partial charge in [-0.05, 0) is 12.1 Å². The number of hydrogen-bond donors (Lipinski definition) is 2. The zero-order valence-electron chi connectivity index (χ0n) is 12.1. The average Bonchev–Trinajstić information content (AvgIpc) is 3.01. The van der Waals surface area contributed by atoms with Gasteiger partial charge in [-0.3, -0.25) is 4.79 Å². The Morgan fingerprint density at radius 2 is 2.33 bits per heavy atom. The summed E-state index contributed by atoms with van der Waals surface area (Å²) in [7, 11) is 3.31. The van der Waals surface area contributed by atoms with Crippen LogP contribution >= 0.6 is 0 Å². The fourth-order valence-corrected chi connectivity index (χ4v) is 3.08. The molecule has 1 aromatic carbocycles. The normalized spacial score (nSPS) is 24.3. The van der Waals surface area contributed by atoms with Crippen molar-refractivity contribution in [3.05, 3.63) is 23.3 Å². The first-order chi connectivity index (χ1) is 10.2. The Balaban J connectivity index is 1.98. The summed E-state index contributed by atoms with van der Waals surface area (Å²) in [5.41, 5.74) is 2.49. The minimum Gasteiger partial charge on any atom is -0.487 e. The number of hydrogen-bond acceptors (Lipinski definition) is 4. The number of nitrogens with one attached hydrogen (secondary N) is 2. The summed E-state index contributed by atoms with van der Waals surface area (Å²) in [6, 6.07) is 3.67. The van der Waals surface area contributed by atoms with Crippen LogP contribution in [0, 0.1) is 18.3 Å². The molecule has 1 aliphatic heterocycles. The van der Waals surface area contributed by atoms with E-state index < -0.39 is 0 Å². The van der Waals surface area contributed by atoms with Crippen molar-refractivity contribution in [1.29, 1.82) is 0 Å². The number of amides is 1. The molecule has 3 atom stereocenters. The molecule has 21 heavy (non-hydrogen) atoms. The van der Waals surface area contributed by atoms with Gasteiger partial charge in [-0.25, -0.2) is 0 Å². The van der Waals surface area contributed by atoms with Crippen molar-refractivity contribution in [2.24, 2.45) is 5.92 Å². The van der Waals surface area contributed by atoms with Crippen molar-refractivity contribution in [3.63, 3.8) is 0 Å². The third-order valence-corrected chi connectivity index (χ3v) is 4.09. The zero-order valence-corrected chi connectivity index (χ0v) is 12.1. The van der Waals surface area contributed by atoms with Crippen LogP contribution in [0.4, 0.5) is 5.69 Å². The predicted octanol–water partition coefficient (Wildman–Crippen LogP) is 1.21. The van der Waals surface area contributed by atoms with Crippen LogP contribution in [-0.2, 0) is 4.74 Å². The molecule has 3 rings (SSSR count). The number of methoxy groups -OCH3 is 1. The Morgan fingerprint density at radius 1 is 1.52 bits per heavy atom. The Hall–Kier alpha value is -2.19. The highest BCUT2D eigenvalue weighted by atomic mass is 16.5. The molecule has 0 spiro atoms. The van der Waals surface area contributed by atoms with E-state index in [1.54, 1.807) is 14.2 Å². The molecular formula is C16H18N2O3. The van der Waals surface area contributed by atoms with E-state index in [0.717, 1.165) is 17.0 Å². The Labute approximate surface area is 124 Å². The van der Waals surface area contributed by atoms with Crippen molar-refractivity contribution in [2.75, 3.05) is 32.6 Å². The second-order valence-electron chi connectivity index (χ2n) is 5.27. The number of rotatable bonds is 5. The monoisotopic (exact) mass is 286 g/mol. The Kier molecular flexibility index (Phi) is 3.48. The van der Waals surface area contributed by atoms with Crippen molar-refractivity contribution < 1.29 is 14.3 Å². The Bertz CT molecular complexity index is 621. The van der Waals surface area contributed by atoms with Gasteiger partial charge in [-0.1, -0.05) is 5.92 Å². The molecule has 5 nitrogen and oxygen atoms in total. The van der Waals surface area contributed by atoms with Gasteiger partial charge in [0.25, 0.3) is 5.91 Å². The molecule has 1 amide bonds. The lowest BCUT2D eigenvalue weighted by Crippen LogP contribution is -2.20. The van der Waals surface area contributed by atoms with Gasteiger partial charge in [0, 0.05) is 37.1 Å². The maximum Gasteiger partial charge on any atom is 0.251 e. The van der Waals surface area contributed by atoms with Gasteiger partial charge >= 0.3 is 0 Å². The van der Waals surface area contributed by atoms with E-state index >= 15 is 0 Å². The topological polar surface area (TPSA) is 59.6 Å². The summed E-state index contributed by atoms with van der Waals surface area (Å²) in [5.74, 6) is 3.77. The molecule has 2 N–H and O–H groups in total. The molecule has 0 aromatic heterocycles. The number of fused-ring (bicyclic) bond motifs is 3. The van der Waals surface area contributed by atoms with Gasteiger partial charge in [0.1, 0.15) is 11.9 Å². The highest BCUT2D eigenvalue weighted by Gasteiger charge is 2.60. The van der Waals surface area contributed by atoms with E-state index in [4.69, 9.17) is 15.9 Å². The summed E-state index contributed by atoms with van der Waals surface area (Å²) in [4.78, 5) is 12.1. The van der Waals surface area contributed by atoms with E-state index in [9.17, 15) is 4.79 Å². The average molecular weight is 286 g/mol. The molecule has 3 unspecified atom stereocenters. The van der Waals surface area contributed by atoms with Gasteiger partial charge in [0.15, 0.2) is 0 Å². The van der Waals surface area contributed by atoms with Gasteiger partial charge < -0.3 is 20.1 Å². The van der Waals surface area contributed by atoms with Crippen LogP contribution in [0.25, 0.3) is 0 Å². The number of ether oxygens (including phenoxy) is 2. The van der Waals surface area contributed by atoms with Gasteiger partial charge in [0.05, 0.1) is 18.8 Å². The molecule has 1 heterocycles. The number of carbonyl (C=O) groups is 1. The highest BCUT2D eigenvalue weighted by Crippen LogP contribution is 2.61. The van der Waals surface area contributed by atoms with Crippen LogP contribution in [0.15, 0.2) is 12.1 Å². The van der Waals surface area contributed by atoms with Crippen LogP contribution in [0.5, 0.6) is 5.75 Å². The van der Waals surface area contributed by atoms with Gasteiger partial charge in [-0.2, -0.15) is 0 Å². The van der Waals surface area contributed by atoms with E-state index in [1.807, 2.05) is 12.1 Å². The van der Waals surface area contributed by atoms with Crippen LogP contribution in [-0.4, -0.2) is 39.3 Å². The number of carbonyl (C=O) groups excluding carboxylic acids is 1. The van der Waals surface area contributed by atoms with E-state index in [0.29, 0.717) is 24.6 Å². The lowest BCUT2D eigenvalue weighted by molar-refractivity contribution is 0.0961. The summed E-state index contributed by atoms with van der Waals surface area (Å²) < 4.78 is 11.2. The first-order valence-corrected chi connectivity index (χ1v) is 6.94. The molecule has 2 aliphatic rings. The predicted molar refractivity (Wildman–Crippen MR) is 79.7 cm³/mol. The third-order valence-electron chi connectivity index (χ3n) is 4.09. The quantitative estimate of drug-likeness (QED) is 0.799. The fraction of sp³-hybridized carbons (Fsp3) is 0.438. The minimum absolute atomic E-state index is 0.0953. The smallest absolute Gasteiger partial charge is 0.251 e. The van der Waals surface area contributed by atoms with Crippen molar-refractivity contribution in [2.45, 2.75) is 12.0 Å². The maximum absolute atomic E-state index is 12.1. The van der Waals surface area contributed by atoms with Crippen molar-refractivity contribution >= 4 is 11.6 Å². The largest absolute Gasteiger partial charge is 0.487 e. The fourth-order valence-electron chi connectivity index (χ4n) is 3.08. The van der Waals surface area contributed by atoms with Crippen molar-refractivity contribution in [1.82, 2.24) is 5.32 Å². The lowest BCUT2D eigenvalue weighted by Gasteiger charge is -2.16. The van der Waals surface area contributed by atoms with Crippen LogP contribution < -0.4 is 15.4 Å². The third kappa shape index (κ3) is 2.12. The van der Waals surface area contributed by atoms with Crippen LogP contribution in [0.2, 0.25) is 0 Å². The molecule has 1 fully saturated rings.